The molecule has 2 nitrogen and oxygen atoms in total. The molecule has 74 valence electrons. The Morgan fingerprint density at radius 2 is 2.23 bits per heavy atom. The van der Waals surface area contributed by atoms with Crippen molar-refractivity contribution in [1.82, 2.24) is 4.90 Å². The zero-order chi connectivity index (χ0) is 9.84. The first-order chi connectivity index (χ1) is 6.11. The smallest absolute Gasteiger partial charge is 0.157 e. The van der Waals surface area contributed by atoms with Gasteiger partial charge in [-0.3, -0.25) is 9.69 Å². The van der Waals surface area contributed by atoms with Crippen LogP contribution in [0.25, 0.3) is 0 Å². The van der Waals surface area contributed by atoms with E-state index in [4.69, 9.17) is 0 Å². The fourth-order valence-corrected chi connectivity index (χ4v) is 1.58. The molecule has 0 aromatic rings. The monoisotopic (exact) mass is 181 g/mol. The van der Waals surface area contributed by atoms with Crippen LogP contribution in [0.5, 0.6) is 0 Å². The van der Waals surface area contributed by atoms with Crippen LogP contribution in [0.1, 0.15) is 26.7 Å². The number of nitrogens with zero attached hydrogens (tertiary/aromatic N) is 1. The van der Waals surface area contributed by atoms with E-state index >= 15 is 0 Å². The zero-order valence-corrected chi connectivity index (χ0v) is 8.79. The minimum absolute atomic E-state index is 0.128. The maximum absolute atomic E-state index is 11.3. The van der Waals surface area contributed by atoms with E-state index in [2.05, 4.69) is 18.0 Å². The normalized spacial score (nSPS) is 24.8. The van der Waals surface area contributed by atoms with E-state index < -0.39 is 0 Å². The van der Waals surface area contributed by atoms with Crippen molar-refractivity contribution in [3.05, 3.63) is 12.2 Å². The van der Waals surface area contributed by atoms with E-state index in [1.165, 1.54) is 12.8 Å². The molecule has 1 saturated heterocycles. The molecule has 0 saturated carbocycles. The van der Waals surface area contributed by atoms with E-state index in [-0.39, 0.29) is 11.7 Å². The van der Waals surface area contributed by atoms with Crippen LogP contribution in [0.15, 0.2) is 12.2 Å². The second-order valence-corrected chi connectivity index (χ2v) is 4.11. The molecule has 0 aliphatic carbocycles. The molecule has 1 atom stereocenters. The summed E-state index contributed by atoms with van der Waals surface area (Å²) in [6.45, 7) is 5.03. The number of allylic oxidation sites excluding steroid dienone is 1. The molecular weight excluding hydrogens is 162 g/mol. The molecule has 1 aliphatic rings. The lowest BCUT2D eigenvalue weighted by atomic mass is 10.1. The van der Waals surface area contributed by atoms with Crippen LogP contribution in [0.2, 0.25) is 0 Å². The molecule has 0 aromatic heterocycles. The summed E-state index contributed by atoms with van der Waals surface area (Å²) in [4.78, 5) is 13.6. The molecule has 0 spiro atoms. The van der Waals surface area contributed by atoms with Gasteiger partial charge in [-0.15, -0.1) is 0 Å². The summed E-state index contributed by atoms with van der Waals surface area (Å²) in [6.07, 6.45) is 6.24. The summed E-state index contributed by atoms with van der Waals surface area (Å²) in [5, 5.41) is 0. The van der Waals surface area contributed by atoms with Crippen molar-refractivity contribution in [1.29, 1.82) is 0 Å². The standard InChI is InChI=1S/C11H19NO/c1-9(2)11(13)7-6-10-5-4-8-12(10)3/h6-7,9-10H,4-5,8H2,1-3H3/b7-6+. The van der Waals surface area contributed by atoms with E-state index in [0.717, 1.165) is 6.54 Å². The third-order valence-corrected chi connectivity index (χ3v) is 2.63. The largest absolute Gasteiger partial charge is 0.300 e. The Hall–Kier alpha value is -0.630. The average Bonchev–Trinajstić information content (AvgIpc) is 2.47. The van der Waals surface area contributed by atoms with Gasteiger partial charge in [0.15, 0.2) is 5.78 Å². The van der Waals surface area contributed by atoms with Crippen molar-refractivity contribution in [2.45, 2.75) is 32.7 Å². The van der Waals surface area contributed by atoms with Gasteiger partial charge in [0.05, 0.1) is 0 Å². The molecular formula is C11H19NO. The van der Waals surface area contributed by atoms with Crippen LogP contribution in [0.3, 0.4) is 0 Å². The molecule has 0 aromatic carbocycles. The van der Waals surface area contributed by atoms with Crippen LogP contribution < -0.4 is 0 Å². The minimum Gasteiger partial charge on any atom is -0.300 e. The van der Waals surface area contributed by atoms with Crippen molar-refractivity contribution in [2.75, 3.05) is 13.6 Å². The lowest BCUT2D eigenvalue weighted by molar-refractivity contribution is -0.117. The van der Waals surface area contributed by atoms with Crippen molar-refractivity contribution in [2.24, 2.45) is 5.92 Å². The Morgan fingerprint density at radius 3 is 2.69 bits per heavy atom. The molecule has 1 unspecified atom stereocenters. The molecule has 1 fully saturated rings. The summed E-state index contributed by atoms with van der Waals surface area (Å²) in [6, 6.07) is 0.489. The molecule has 0 bridgehead atoms. The number of rotatable bonds is 3. The maximum atomic E-state index is 11.3. The number of hydrogen-bond donors (Lipinski definition) is 0. The van der Waals surface area contributed by atoms with Gasteiger partial charge in [-0.1, -0.05) is 19.9 Å². The Kier molecular flexibility index (Phi) is 3.67. The van der Waals surface area contributed by atoms with Gasteiger partial charge in [-0.05, 0) is 32.5 Å². The SMILES string of the molecule is CC(C)C(=O)/C=C/C1CCCN1C. The highest BCUT2D eigenvalue weighted by Crippen LogP contribution is 2.15. The van der Waals surface area contributed by atoms with Gasteiger partial charge >= 0.3 is 0 Å². The second kappa shape index (κ2) is 4.56. The molecule has 1 rings (SSSR count). The maximum Gasteiger partial charge on any atom is 0.157 e. The molecule has 0 N–H and O–H groups in total. The van der Waals surface area contributed by atoms with E-state index in [0.29, 0.717) is 6.04 Å². The Bertz CT molecular complexity index is 208. The average molecular weight is 181 g/mol. The summed E-state index contributed by atoms with van der Waals surface area (Å²) >= 11 is 0. The summed E-state index contributed by atoms with van der Waals surface area (Å²) in [5.41, 5.74) is 0. The van der Waals surface area contributed by atoms with E-state index in [1.54, 1.807) is 6.08 Å². The molecule has 2 heteroatoms. The highest BCUT2D eigenvalue weighted by molar-refractivity contribution is 5.91. The lowest BCUT2D eigenvalue weighted by Gasteiger charge is -2.14. The van der Waals surface area contributed by atoms with Crippen molar-refractivity contribution >= 4 is 5.78 Å². The van der Waals surface area contributed by atoms with Crippen molar-refractivity contribution < 1.29 is 4.79 Å². The number of ketones is 1. The van der Waals surface area contributed by atoms with E-state index in [1.807, 2.05) is 13.8 Å². The fourth-order valence-electron chi connectivity index (χ4n) is 1.58. The van der Waals surface area contributed by atoms with Crippen LogP contribution in [0.4, 0.5) is 0 Å². The molecule has 1 heterocycles. The van der Waals surface area contributed by atoms with Gasteiger partial charge in [-0.25, -0.2) is 0 Å². The highest BCUT2D eigenvalue weighted by Gasteiger charge is 2.17. The first kappa shape index (κ1) is 10.5. The minimum atomic E-state index is 0.128. The summed E-state index contributed by atoms with van der Waals surface area (Å²) in [7, 11) is 2.11. The number of carbonyl (C=O) groups is 1. The van der Waals surface area contributed by atoms with Crippen LogP contribution in [0, 0.1) is 5.92 Å². The first-order valence-corrected chi connectivity index (χ1v) is 5.03. The lowest BCUT2D eigenvalue weighted by Crippen LogP contribution is -2.22. The fraction of sp³-hybridized carbons (Fsp3) is 0.727. The zero-order valence-electron chi connectivity index (χ0n) is 8.79. The number of carbonyl (C=O) groups excluding carboxylic acids is 1. The van der Waals surface area contributed by atoms with Crippen molar-refractivity contribution in [3.8, 4) is 0 Å². The van der Waals surface area contributed by atoms with Gasteiger partial charge < -0.3 is 0 Å². The van der Waals surface area contributed by atoms with E-state index in [9.17, 15) is 4.79 Å². The first-order valence-electron chi connectivity index (χ1n) is 5.03. The number of likely N-dealkylation sites (N-methyl/N-ethyl adjacent to an activating group) is 1. The quantitative estimate of drug-likeness (QED) is 0.619. The van der Waals surface area contributed by atoms with Gasteiger partial charge in [-0.2, -0.15) is 0 Å². The van der Waals surface area contributed by atoms with Crippen LogP contribution in [-0.2, 0) is 4.79 Å². The van der Waals surface area contributed by atoms with Gasteiger partial charge in [0.25, 0.3) is 0 Å². The predicted octanol–water partition coefficient (Wildman–Crippen LogP) is 1.86. The second-order valence-electron chi connectivity index (χ2n) is 4.11. The van der Waals surface area contributed by atoms with Gasteiger partial charge in [0.1, 0.15) is 0 Å². The third-order valence-electron chi connectivity index (χ3n) is 2.63. The number of hydrogen-bond acceptors (Lipinski definition) is 2. The Morgan fingerprint density at radius 1 is 1.54 bits per heavy atom. The van der Waals surface area contributed by atoms with Crippen LogP contribution >= 0.6 is 0 Å². The predicted molar refractivity (Wildman–Crippen MR) is 54.6 cm³/mol. The Labute approximate surface area is 80.6 Å². The van der Waals surface area contributed by atoms with Crippen LogP contribution in [-0.4, -0.2) is 30.3 Å². The van der Waals surface area contributed by atoms with Gasteiger partial charge in [0.2, 0.25) is 0 Å². The molecule has 0 radical (unpaired) electrons. The topological polar surface area (TPSA) is 20.3 Å². The summed E-state index contributed by atoms with van der Waals surface area (Å²) < 4.78 is 0. The Balaban J connectivity index is 2.43. The molecule has 1 aliphatic heterocycles. The summed E-state index contributed by atoms with van der Waals surface area (Å²) in [5.74, 6) is 0.364. The van der Waals surface area contributed by atoms with Crippen molar-refractivity contribution in [3.63, 3.8) is 0 Å². The highest BCUT2D eigenvalue weighted by atomic mass is 16.1. The molecule has 0 amide bonds. The molecule has 13 heavy (non-hydrogen) atoms. The van der Waals surface area contributed by atoms with Gasteiger partial charge in [0, 0.05) is 12.0 Å². The number of likely N-dealkylation sites (tertiary alicyclic amines) is 1. The third kappa shape index (κ3) is 2.96.